The van der Waals surface area contributed by atoms with Crippen molar-refractivity contribution in [2.45, 2.75) is 63.6 Å². The van der Waals surface area contributed by atoms with E-state index >= 15 is 0 Å². The quantitative estimate of drug-likeness (QED) is 0.166. The van der Waals surface area contributed by atoms with Gasteiger partial charge in [0.15, 0.2) is 0 Å². The van der Waals surface area contributed by atoms with Crippen LogP contribution in [0.3, 0.4) is 0 Å². The van der Waals surface area contributed by atoms with E-state index in [0.29, 0.717) is 39.3 Å². The minimum Gasteiger partial charge on any atom is -0.497 e. The highest BCUT2D eigenvalue weighted by Crippen LogP contribution is 2.51. The molecule has 4 aromatic carbocycles. The second-order valence-corrected chi connectivity index (χ2v) is 12.1. The van der Waals surface area contributed by atoms with Crippen LogP contribution in [0.15, 0.2) is 78.6 Å². The molecule has 0 aromatic heterocycles. The van der Waals surface area contributed by atoms with Crippen LogP contribution in [0.25, 0.3) is 16.8 Å². The number of methoxy groups -OCH3 is 3. The largest absolute Gasteiger partial charge is 0.497 e. The van der Waals surface area contributed by atoms with Gasteiger partial charge in [-0.3, -0.25) is 0 Å². The molecule has 0 N–H and O–H groups in total. The summed E-state index contributed by atoms with van der Waals surface area (Å²) >= 11 is 0. The Hall–Kier alpha value is -4.98. The SMILES string of the molecule is CCOC(=O)c1c(C(=O)OC2CCCCCCC2)c2c(c3ccccc13)OC(c1ccc(OC)cc1)(c1ccc(OC)cc1)C(OC)=C2. The van der Waals surface area contributed by atoms with Crippen LogP contribution in [0.4, 0.5) is 0 Å². The molecule has 250 valence electrons. The van der Waals surface area contributed by atoms with E-state index in [-0.39, 0.29) is 23.8 Å². The zero-order chi connectivity index (χ0) is 33.7. The second-order valence-electron chi connectivity index (χ2n) is 12.1. The van der Waals surface area contributed by atoms with E-state index in [1.54, 1.807) is 34.3 Å². The molecule has 0 bridgehead atoms. The van der Waals surface area contributed by atoms with Gasteiger partial charge in [-0.05, 0) is 62.9 Å². The lowest BCUT2D eigenvalue weighted by Crippen LogP contribution is -2.40. The fourth-order valence-electron chi connectivity index (χ4n) is 6.91. The lowest BCUT2D eigenvalue weighted by molar-refractivity contribution is 0.0229. The smallest absolute Gasteiger partial charge is 0.340 e. The van der Waals surface area contributed by atoms with E-state index in [2.05, 4.69) is 0 Å². The first-order valence-corrected chi connectivity index (χ1v) is 16.7. The maximum absolute atomic E-state index is 14.4. The lowest BCUT2D eigenvalue weighted by atomic mass is 9.80. The van der Waals surface area contributed by atoms with Crippen LogP contribution >= 0.6 is 0 Å². The van der Waals surface area contributed by atoms with Gasteiger partial charge in [0.2, 0.25) is 5.60 Å². The first kappa shape index (κ1) is 32.9. The number of benzene rings is 4. The van der Waals surface area contributed by atoms with Crippen LogP contribution in [0.5, 0.6) is 17.2 Å². The highest BCUT2D eigenvalue weighted by Gasteiger charge is 2.47. The van der Waals surface area contributed by atoms with Crippen molar-refractivity contribution in [3.8, 4) is 17.2 Å². The summed E-state index contributed by atoms with van der Waals surface area (Å²) in [6.07, 6.45) is 8.51. The Morgan fingerprint density at radius 2 is 1.27 bits per heavy atom. The molecule has 0 atom stereocenters. The number of esters is 2. The molecule has 1 saturated carbocycles. The Kier molecular flexibility index (Phi) is 9.90. The molecular weight excluding hydrogens is 608 g/mol. The molecule has 0 saturated heterocycles. The molecule has 4 aromatic rings. The van der Waals surface area contributed by atoms with Crippen molar-refractivity contribution in [2.75, 3.05) is 27.9 Å². The van der Waals surface area contributed by atoms with Crippen molar-refractivity contribution in [1.29, 1.82) is 0 Å². The highest BCUT2D eigenvalue weighted by molar-refractivity contribution is 6.17. The number of rotatable bonds is 9. The molecule has 1 aliphatic heterocycles. The molecule has 8 heteroatoms. The molecule has 6 rings (SSSR count). The van der Waals surface area contributed by atoms with Gasteiger partial charge in [0.05, 0.1) is 39.1 Å². The first-order valence-electron chi connectivity index (χ1n) is 16.7. The molecule has 1 heterocycles. The molecule has 1 aliphatic carbocycles. The molecule has 0 radical (unpaired) electrons. The molecule has 0 spiro atoms. The van der Waals surface area contributed by atoms with Crippen LogP contribution in [-0.4, -0.2) is 46.0 Å². The summed E-state index contributed by atoms with van der Waals surface area (Å²) in [6, 6.07) is 22.6. The van der Waals surface area contributed by atoms with Gasteiger partial charge in [0.25, 0.3) is 0 Å². The summed E-state index contributed by atoms with van der Waals surface area (Å²) in [6.45, 7) is 1.89. The van der Waals surface area contributed by atoms with Crippen molar-refractivity contribution in [3.05, 3.63) is 106 Å². The van der Waals surface area contributed by atoms with E-state index in [1.165, 1.54) is 6.42 Å². The Balaban J connectivity index is 1.62. The zero-order valence-corrected chi connectivity index (χ0v) is 28.0. The number of ether oxygens (including phenoxy) is 6. The van der Waals surface area contributed by atoms with Crippen LogP contribution < -0.4 is 14.2 Å². The van der Waals surface area contributed by atoms with E-state index in [9.17, 15) is 9.59 Å². The molecular formula is C40H42O8. The van der Waals surface area contributed by atoms with Gasteiger partial charge < -0.3 is 28.4 Å². The fraction of sp³-hybridized carbons (Fsp3) is 0.350. The maximum atomic E-state index is 14.4. The van der Waals surface area contributed by atoms with Crippen molar-refractivity contribution in [2.24, 2.45) is 0 Å². The third-order valence-electron chi connectivity index (χ3n) is 9.31. The van der Waals surface area contributed by atoms with E-state index in [4.69, 9.17) is 28.4 Å². The van der Waals surface area contributed by atoms with Crippen LogP contribution in [0.1, 0.15) is 89.3 Å². The standard InChI is InChI=1S/C40H42O8/c1-5-46-38(41)35-31-15-11-12-16-32(31)37-33(36(35)39(42)47-30-13-9-7-6-8-10-14-30)25-34(45-4)40(48-37,26-17-21-28(43-2)22-18-26)27-19-23-29(44-3)24-20-27/h11-12,15-25,30H,5-10,13-14H2,1-4H3. The van der Waals surface area contributed by atoms with Gasteiger partial charge in [-0.1, -0.05) is 67.8 Å². The van der Waals surface area contributed by atoms with Crippen molar-refractivity contribution < 1.29 is 38.0 Å². The van der Waals surface area contributed by atoms with E-state index < -0.39 is 17.5 Å². The van der Waals surface area contributed by atoms with Crippen LogP contribution in [0, 0.1) is 0 Å². The van der Waals surface area contributed by atoms with Gasteiger partial charge in [0, 0.05) is 27.5 Å². The number of carbonyl (C=O) groups excluding carboxylic acids is 2. The van der Waals surface area contributed by atoms with Crippen molar-refractivity contribution in [1.82, 2.24) is 0 Å². The summed E-state index contributed by atoms with van der Waals surface area (Å²) in [5, 5.41) is 1.18. The predicted octanol–water partition coefficient (Wildman–Crippen LogP) is 8.63. The fourth-order valence-corrected chi connectivity index (χ4v) is 6.91. The summed E-state index contributed by atoms with van der Waals surface area (Å²) in [7, 11) is 4.81. The topological polar surface area (TPSA) is 89.5 Å². The van der Waals surface area contributed by atoms with Gasteiger partial charge >= 0.3 is 11.9 Å². The first-order chi connectivity index (χ1) is 23.4. The minimum atomic E-state index is -1.28. The monoisotopic (exact) mass is 650 g/mol. The van der Waals surface area contributed by atoms with Crippen LogP contribution in [0.2, 0.25) is 0 Å². The van der Waals surface area contributed by atoms with Gasteiger partial charge in [-0.25, -0.2) is 9.59 Å². The maximum Gasteiger partial charge on any atom is 0.340 e. The summed E-state index contributed by atoms with van der Waals surface area (Å²) in [4.78, 5) is 28.2. The second kappa shape index (κ2) is 14.4. The van der Waals surface area contributed by atoms with Crippen molar-refractivity contribution >= 4 is 28.8 Å². The minimum absolute atomic E-state index is 0.108. The van der Waals surface area contributed by atoms with Gasteiger partial charge in [-0.15, -0.1) is 0 Å². The number of carbonyl (C=O) groups is 2. The van der Waals surface area contributed by atoms with Crippen molar-refractivity contribution in [3.63, 3.8) is 0 Å². The highest BCUT2D eigenvalue weighted by atomic mass is 16.6. The molecule has 0 unspecified atom stereocenters. The molecule has 0 amide bonds. The third kappa shape index (κ3) is 6.07. The van der Waals surface area contributed by atoms with E-state index in [1.807, 2.05) is 72.8 Å². The Labute approximate surface area is 281 Å². The molecule has 2 aliphatic rings. The average Bonchev–Trinajstić information content (AvgIpc) is 3.11. The summed E-state index contributed by atoms with van der Waals surface area (Å²) in [5.74, 6) is 1.03. The third-order valence-corrected chi connectivity index (χ3v) is 9.31. The normalized spacial score (nSPS) is 16.0. The Morgan fingerprint density at radius 1 is 0.708 bits per heavy atom. The molecule has 8 nitrogen and oxygen atoms in total. The van der Waals surface area contributed by atoms with Crippen LogP contribution in [-0.2, 0) is 19.8 Å². The average molecular weight is 651 g/mol. The number of fused-ring (bicyclic) bond motifs is 3. The zero-order valence-electron chi connectivity index (χ0n) is 28.0. The van der Waals surface area contributed by atoms with Gasteiger partial charge in [0.1, 0.15) is 29.1 Å². The van der Waals surface area contributed by atoms with E-state index in [0.717, 1.165) is 49.7 Å². The number of hydrogen-bond donors (Lipinski definition) is 0. The summed E-state index contributed by atoms with van der Waals surface area (Å²) in [5.41, 5.74) is 0.918. The van der Waals surface area contributed by atoms with Gasteiger partial charge in [-0.2, -0.15) is 0 Å². The number of hydrogen-bond acceptors (Lipinski definition) is 8. The Bertz CT molecular complexity index is 1750. The lowest BCUT2D eigenvalue weighted by Gasteiger charge is -2.40. The Morgan fingerprint density at radius 3 is 1.81 bits per heavy atom. The molecule has 48 heavy (non-hydrogen) atoms. The summed E-state index contributed by atoms with van der Waals surface area (Å²) < 4.78 is 36.1. The predicted molar refractivity (Wildman–Crippen MR) is 184 cm³/mol. The molecule has 1 fully saturated rings.